The standard InChI is InChI=1S/C18H19ClN2O2/c1-12-16-3-2-6-20(16)7-8-21(12)18(22)14-9-13-10-15(19)4-5-17(13)23-11-14/h2-6,10,12,14H,7-9,11H2,1H3. The van der Waals surface area contributed by atoms with Gasteiger partial charge in [-0.15, -0.1) is 0 Å². The molecule has 2 aliphatic heterocycles. The predicted octanol–water partition coefficient (Wildman–Crippen LogP) is 3.30. The van der Waals surface area contributed by atoms with E-state index in [1.807, 2.05) is 29.2 Å². The van der Waals surface area contributed by atoms with E-state index in [-0.39, 0.29) is 17.9 Å². The molecule has 4 nitrogen and oxygen atoms in total. The summed E-state index contributed by atoms with van der Waals surface area (Å²) in [6.45, 7) is 4.14. The fourth-order valence-corrected chi connectivity index (χ4v) is 3.83. The molecule has 0 fully saturated rings. The Morgan fingerprint density at radius 3 is 3.04 bits per heavy atom. The van der Waals surface area contributed by atoms with Crippen LogP contribution in [0, 0.1) is 5.92 Å². The molecule has 0 aliphatic carbocycles. The Kier molecular flexibility index (Phi) is 3.57. The van der Waals surface area contributed by atoms with Crippen LogP contribution >= 0.6 is 11.6 Å². The van der Waals surface area contributed by atoms with Crippen molar-refractivity contribution in [2.24, 2.45) is 5.92 Å². The molecular formula is C18H19ClN2O2. The molecule has 0 radical (unpaired) electrons. The summed E-state index contributed by atoms with van der Waals surface area (Å²) in [6.07, 6.45) is 2.77. The molecule has 0 N–H and O–H groups in total. The minimum absolute atomic E-state index is 0.104. The lowest BCUT2D eigenvalue weighted by Crippen LogP contribution is -2.46. The van der Waals surface area contributed by atoms with Gasteiger partial charge in [0.25, 0.3) is 0 Å². The number of benzene rings is 1. The van der Waals surface area contributed by atoms with Crippen LogP contribution in [-0.4, -0.2) is 28.5 Å². The van der Waals surface area contributed by atoms with Crippen molar-refractivity contribution in [3.63, 3.8) is 0 Å². The van der Waals surface area contributed by atoms with Crippen LogP contribution in [0.1, 0.15) is 24.2 Å². The summed E-state index contributed by atoms with van der Waals surface area (Å²) < 4.78 is 8.00. The monoisotopic (exact) mass is 330 g/mol. The molecule has 2 aromatic rings. The van der Waals surface area contributed by atoms with Gasteiger partial charge in [0, 0.05) is 30.0 Å². The highest BCUT2D eigenvalue weighted by Gasteiger charge is 2.34. The number of amides is 1. The fraction of sp³-hybridized carbons (Fsp3) is 0.389. The molecule has 2 aliphatic rings. The Balaban J connectivity index is 1.54. The smallest absolute Gasteiger partial charge is 0.230 e. The lowest BCUT2D eigenvalue weighted by Gasteiger charge is -2.38. The second kappa shape index (κ2) is 5.60. The number of fused-ring (bicyclic) bond motifs is 2. The third-order valence-corrected chi connectivity index (χ3v) is 5.14. The van der Waals surface area contributed by atoms with E-state index < -0.39 is 0 Å². The highest BCUT2D eigenvalue weighted by molar-refractivity contribution is 6.30. The summed E-state index contributed by atoms with van der Waals surface area (Å²) >= 11 is 6.07. The molecule has 1 aromatic carbocycles. The van der Waals surface area contributed by atoms with Crippen LogP contribution in [0.25, 0.3) is 0 Å². The minimum atomic E-state index is -0.134. The van der Waals surface area contributed by atoms with Crippen molar-refractivity contribution in [2.75, 3.05) is 13.2 Å². The number of carbonyl (C=O) groups excluding carboxylic acids is 1. The van der Waals surface area contributed by atoms with Crippen LogP contribution in [0.15, 0.2) is 36.5 Å². The van der Waals surface area contributed by atoms with E-state index in [0.29, 0.717) is 18.1 Å². The summed E-state index contributed by atoms with van der Waals surface area (Å²) in [6, 6.07) is 9.85. The van der Waals surface area contributed by atoms with E-state index in [2.05, 4.69) is 23.8 Å². The zero-order chi connectivity index (χ0) is 16.0. The molecule has 1 aromatic heterocycles. The summed E-state index contributed by atoms with van der Waals surface area (Å²) in [5, 5.41) is 0.685. The molecule has 0 saturated heterocycles. The van der Waals surface area contributed by atoms with Crippen molar-refractivity contribution in [1.82, 2.24) is 9.47 Å². The summed E-state index contributed by atoms with van der Waals surface area (Å²) in [4.78, 5) is 15.0. The van der Waals surface area contributed by atoms with E-state index >= 15 is 0 Å². The molecule has 2 unspecified atom stereocenters. The van der Waals surface area contributed by atoms with Gasteiger partial charge in [-0.3, -0.25) is 4.79 Å². The number of halogens is 1. The third-order valence-electron chi connectivity index (χ3n) is 4.90. The van der Waals surface area contributed by atoms with Gasteiger partial charge in [0.1, 0.15) is 12.4 Å². The molecule has 0 spiro atoms. The second-order valence-corrected chi connectivity index (χ2v) is 6.73. The second-order valence-electron chi connectivity index (χ2n) is 6.30. The first-order valence-corrected chi connectivity index (χ1v) is 8.38. The maximum absolute atomic E-state index is 13.0. The number of nitrogens with zero attached hydrogens (tertiary/aromatic N) is 2. The maximum atomic E-state index is 13.0. The SMILES string of the molecule is CC1c2cccn2CCN1C(=O)C1COc2ccc(Cl)cc2C1. The summed E-state index contributed by atoms with van der Waals surface area (Å²) in [5.74, 6) is 0.888. The third kappa shape index (κ3) is 2.51. The van der Waals surface area contributed by atoms with Gasteiger partial charge in [-0.1, -0.05) is 11.6 Å². The molecule has 5 heteroatoms. The van der Waals surface area contributed by atoms with E-state index in [1.165, 1.54) is 5.69 Å². The molecule has 3 heterocycles. The Hall–Kier alpha value is -1.94. The van der Waals surface area contributed by atoms with Crippen LogP contribution < -0.4 is 4.74 Å². The molecule has 23 heavy (non-hydrogen) atoms. The van der Waals surface area contributed by atoms with Gasteiger partial charge in [-0.05, 0) is 49.2 Å². The van der Waals surface area contributed by atoms with Crippen LogP contribution in [0.4, 0.5) is 0 Å². The number of ether oxygens (including phenoxy) is 1. The van der Waals surface area contributed by atoms with Gasteiger partial charge >= 0.3 is 0 Å². The molecule has 120 valence electrons. The lowest BCUT2D eigenvalue weighted by atomic mass is 9.94. The van der Waals surface area contributed by atoms with E-state index in [4.69, 9.17) is 16.3 Å². The average Bonchev–Trinajstić information content (AvgIpc) is 3.03. The highest BCUT2D eigenvalue weighted by atomic mass is 35.5. The van der Waals surface area contributed by atoms with Gasteiger partial charge in [0.05, 0.1) is 12.0 Å². The zero-order valence-corrected chi connectivity index (χ0v) is 13.8. The normalized spacial score (nSPS) is 23.0. The van der Waals surface area contributed by atoms with Gasteiger partial charge in [0.15, 0.2) is 0 Å². The number of hydrogen-bond donors (Lipinski definition) is 0. The first-order valence-electron chi connectivity index (χ1n) is 8.00. The minimum Gasteiger partial charge on any atom is -0.492 e. The molecule has 0 saturated carbocycles. The van der Waals surface area contributed by atoms with Crippen molar-refractivity contribution < 1.29 is 9.53 Å². The van der Waals surface area contributed by atoms with Gasteiger partial charge < -0.3 is 14.2 Å². The number of hydrogen-bond acceptors (Lipinski definition) is 2. The van der Waals surface area contributed by atoms with Crippen molar-refractivity contribution >= 4 is 17.5 Å². The Labute approximate surface area is 140 Å². The van der Waals surface area contributed by atoms with Crippen molar-refractivity contribution in [2.45, 2.75) is 25.9 Å². The molecule has 0 bridgehead atoms. The topological polar surface area (TPSA) is 34.5 Å². The van der Waals surface area contributed by atoms with Crippen LogP contribution in [0.2, 0.25) is 5.02 Å². The summed E-state index contributed by atoms with van der Waals surface area (Å²) in [7, 11) is 0. The predicted molar refractivity (Wildman–Crippen MR) is 88.7 cm³/mol. The average molecular weight is 331 g/mol. The van der Waals surface area contributed by atoms with Gasteiger partial charge in [0.2, 0.25) is 5.91 Å². The van der Waals surface area contributed by atoms with Crippen LogP contribution in [-0.2, 0) is 17.8 Å². The Bertz CT molecular complexity index is 755. The van der Waals surface area contributed by atoms with E-state index in [0.717, 1.165) is 24.4 Å². The molecule has 1 amide bonds. The van der Waals surface area contributed by atoms with Crippen LogP contribution in [0.5, 0.6) is 5.75 Å². The first kappa shape index (κ1) is 14.6. The largest absolute Gasteiger partial charge is 0.492 e. The van der Waals surface area contributed by atoms with Gasteiger partial charge in [-0.2, -0.15) is 0 Å². The highest BCUT2D eigenvalue weighted by Crippen LogP contribution is 2.33. The quantitative estimate of drug-likeness (QED) is 0.804. The van der Waals surface area contributed by atoms with Crippen molar-refractivity contribution in [3.05, 3.63) is 52.8 Å². The molecular weight excluding hydrogens is 312 g/mol. The van der Waals surface area contributed by atoms with Gasteiger partial charge in [-0.25, -0.2) is 0 Å². The Morgan fingerprint density at radius 2 is 2.17 bits per heavy atom. The molecule has 2 atom stereocenters. The van der Waals surface area contributed by atoms with Crippen molar-refractivity contribution in [3.8, 4) is 5.75 Å². The van der Waals surface area contributed by atoms with E-state index in [9.17, 15) is 4.79 Å². The maximum Gasteiger partial charge on any atom is 0.230 e. The zero-order valence-electron chi connectivity index (χ0n) is 13.0. The van der Waals surface area contributed by atoms with E-state index in [1.54, 1.807) is 0 Å². The number of aromatic nitrogens is 1. The summed E-state index contributed by atoms with van der Waals surface area (Å²) in [5.41, 5.74) is 2.22. The number of rotatable bonds is 1. The first-order chi connectivity index (χ1) is 11.1. The number of carbonyl (C=O) groups is 1. The fourth-order valence-electron chi connectivity index (χ4n) is 3.64. The Morgan fingerprint density at radius 1 is 1.30 bits per heavy atom. The van der Waals surface area contributed by atoms with Crippen LogP contribution in [0.3, 0.4) is 0 Å². The van der Waals surface area contributed by atoms with Crippen molar-refractivity contribution in [1.29, 1.82) is 0 Å². The molecule has 4 rings (SSSR count). The lowest BCUT2D eigenvalue weighted by molar-refractivity contribution is -0.140.